The van der Waals surface area contributed by atoms with Crippen LogP contribution in [0.15, 0.2) is 4.99 Å². The number of guanidine groups is 1. The van der Waals surface area contributed by atoms with E-state index in [-0.39, 0.29) is 12.1 Å². The molecule has 0 heterocycles. The van der Waals surface area contributed by atoms with E-state index in [2.05, 4.69) is 17.2 Å². The van der Waals surface area contributed by atoms with Gasteiger partial charge in [-0.05, 0) is 34.1 Å². The van der Waals surface area contributed by atoms with Crippen molar-refractivity contribution in [2.75, 3.05) is 33.4 Å². The highest BCUT2D eigenvalue weighted by molar-refractivity contribution is 5.78. The van der Waals surface area contributed by atoms with Gasteiger partial charge >= 0.3 is 6.09 Å². The number of carbonyl (C=O) groups excluding carboxylic acids is 1. The Morgan fingerprint density at radius 1 is 1.36 bits per heavy atom. The summed E-state index contributed by atoms with van der Waals surface area (Å²) in [6.45, 7) is 11.4. The van der Waals surface area contributed by atoms with E-state index in [0.29, 0.717) is 32.2 Å². The summed E-state index contributed by atoms with van der Waals surface area (Å²) in [6.07, 6.45) is 0.599. The summed E-state index contributed by atoms with van der Waals surface area (Å²) >= 11 is 0. The van der Waals surface area contributed by atoms with Gasteiger partial charge in [0.15, 0.2) is 5.96 Å². The maximum atomic E-state index is 12.1. The minimum atomic E-state index is -0.525. The van der Waals surface area contributed by atoms with Crippen molar-refractivity contribution in [3.8, 4) is 0 Å². The van der Waals surface area contributed by atoms with Crippen molar-refractivity contribution >= 4 is 12.1 Å². The number of hydrogen-bond acceptors (Lipinski definition) is 4. The van der Waals surface area contributed by atoms with E-state index in [0.717, 1.165) is 6.42 Å². The SMILES string of the molecule is CCC(C)NC(N)=NCCN(CCOC)C(=O)OC(C)(C)C. The van der Waals surface area contributed by atoms with Crippen LogP contribution in [0.4, 0.5) is 4.79 Å². The number of amides is 1. The Balaban J connectivity index is 4.47. The summed E-state index contributed by atoms with van der Waals surface area (Å²) in [5.41, 5.74) is 5.27. The standard InChI is InChI=1S/C15H32N4O3/c1-7-12(2)18-13(16)17-8-9-19(10-11-21-6)14(20)22-15(3,4)5/h12H,7-11H2,1-6H3,(H3,16,17,18). The number of ether oxygens (including phenoxy) is 2. The predicted octanol–water partition coefficient (Wildman–Crippen LogP) is 1.57. The first-order valence-electron chi connectivity index (χ1n) is 7.73. The Morgan fingerprint density at radius 2 is 2.00 bits per heavy atom. The van der Waals surface area contributed by atoms with Crippen LogP contribution in [-0.2, 0) is 9.47 Å². The van der Waals surface area contributed by atoms with Gasteiger partial charge in [0.25, 0.3) is 0 Å². The van der Waals surface area contributed by atoms with Crippen molar-refractivity contribution in [3.05, 3.63) is 0 Å². The molecule has 0 saturated heterocycles. The predicted molar refractivity (Wildman–Crippen MR) is 89.1 cm³/mol. The molecule has 0 aromatic carbocycles. The Bertz CT molecular complexity index is 353. The van der Waals surface area contributed by atoms with Gasteiger partial charge in [0, 0.05) is 26.2 Å². The molecule has 0 rings (SSSR count). The van der Waals surface area contributed by atoms with E-state index in [1.54, 1.807) is 12.0 Å². The van der Waals surface area contributed by atoms with Gasteiger partial charge in [-0.25, -0.2) is 4.79 Å². The van der Waals surface area contributed by atoms with Crippen LogP contribution in [0, 0.1) is 0 Å². The summed E-state index contributed by atoms with van der Waals surface area (Å²) in [6, 6.07) is 0.277. The topological polar surface area (TPSA) is 89.2 Å². The monoisotopic (exact) mass is 316 g/mol. The number of nitrogens with one attached hydrogen (secondary N) is 1. The number of aliphatic imine (C=N–C) groups is 1. The number of nitrogens with two attached hydrogens (primary N) is 1. The molecule has 130 valence electrons. The maximum Gasteiger partial charge on any atom is 0.410 e. The fraction of sp³-hybridized carbons (Fsp3) is 0.867. The Labute approximate surface area is 134 Å². The van der Waals surface area contributed by atoms with Crippen LogP contribution in [0.3, 0.4) is 0 Å². The zero-order chi connectivity index (χ0) is 17.2. The molecular formula is C15H32N4O3. The van der Waals surface area contributed by atoms with Crippen LogP contribution in [0.5, 0.6) is 0 Å². The van der Waals surface area contributed by atoms with E-state index >= 15 is 0 Å². The van der Waals surface area contributed by atoms with Gasteiger partial charge < -0.3 is 25.4 Å². The highest BCUT2D eigenvalue weighted by Crippen LogP contribution is 2.09. The molecule has 7 nitrogen and oxygen atoms in total. The molecular weight excluding hydrogens is 284 g/mol. The van der Waals surface area contributed by atoms with Crippen molar-refractivity contribution in [3.63, 3.8) is 0 Å². The zero-order valence-electron chi connectivity index (χ0n) is 14.8. The first-order chi connectivity index (χ1) is 10.2. The van der Waals surface area contributed by atoms with Crippen molar-refractivity contribution in [1.82, 2.24) is 10.2 Å². The van der Waals surface area contributed by atoms with Gasteiger partial charge in [0.05, 0.1) is 13.2 Å². The van der Waals surface area contributed by atoms with E-state index in [9.17, 15) is 4.79 Å². The third kappa shape index (κ3) is 10.3. The summed E-state index contributed by atoms with van der Waals surface area (Å²) in [5, 5.41) is 3.08. The Hall–Kier alpha value is -1.50. The molecule has 0 radical (unpaired) electrons. The highest BCUT2D eigenvalue weighted by Gasteiger charge is 2.21. The second kappa shape index (κ2) is 10.3. The summed E-state index contributed by atoms with van der Waals surface area (Å²) in [4.78, 5) is 17.9. The number of nitrogens with zero attached hydrogens (tertiary/aromatic N) is 2. The number of hydrogen-bond donors (Lipinski definition) is 2. The quantitative estimate of drug-likeness (QED) is 0.524. The van der Waals surface area contributed by atoms with Crippen molar-refractivity contribution in [1.29, 1.82) is 0 Å². The summed E-state index contributed by atoms with van der Waals surface area (Å²) in [5.74, 6) is 0.394. The van der Waals surface area contributed by atoms with E-state index in [1.807, 2.05) is 27.7 Å². The lowest BCUT2D eigenvalue weighted by molar-refractivity contribution is 0.0208. The lowest BCUT2D eigenvalue weighted by Crippen LogP contribution is -2.41. The molecule has 0 aromatic heterocycles. The molecule has 0 saturated carbocycles. The second-order valence-corrected chi connectivity index (χ2v) is 6.18. The lowest BCUT2D eigenvalue weighted by atomic mass is 10.2. The number of rotatable bonds is 8. The average Bonchev–Trinajstić information content (AvgIpc) is 2.40. The zero-order valence-corrected chi connectivity index (χ0v) is 14.8. The maximum absolute atomic E-state index is 12.1. The van der Waals surface area contributed by atoms with Gasteiger partial charge in [-0.1, -0.05) is 6.92 Å². The fourth-order valence-electron chi connectivity index (χ4n) is 1.51. The minimum absolute atomic E-state index is 0.277. The van der Waals surface area contributed by atoms with E-state index in [1.165, 1.54) is 0 Å². The number of carbonyl (C=O) groups is 1. The average molecular weight is 316 g/mol. The smallest absolute Gasteiger partial charge is 0.410 e. The first-order valence-corrected chi connectivity index (χ1v) is 7.73. The largest absolute Gasteiger partial charge is 0.444 e. The third-order valence-corrected chi connectivity index (χ3v) is 2.88. The molecule has 0 aliphatic rings. The number of methoxy groups -OCH3 is 1. The highest BCUT2D eigenvalue weighted by atomic mass is 16.6. The van der Waals surface area contributed by atoms with Crippen molar-refractivity contribution in [2.45, 2.75) is 52.7 Å². The normalized spacial score (nSPS) is 13.6. The van der Waals surface area contributed by atoms with E-state index < -0.39 is 5.60 Å². The van der Waals surface area contributed by atoms with Crippen LogP contribution >= 0.6 is 0 Å². The van der Waals surface area contributed by atoms with Crippen LogP contribution in [0.1, 0.15) is 41.0 Å². The van der Waals surface area contributed by atoms with Gasteiger partial charge in [0.1, 0.15) is 5.60 Å². The molecule has 0 aliphatic heterocycles. The molecule has 7 heteroatoms. The van der Waals surface area contributed by atoms with Gasteiger partial charge in [-0.2, -0.15) is 0 Å². The summed E-state index contributed by atoms with van der Waals surface area (Å²) < 4.78 is 10.4. The summed E-state index contributed by atoms with van der Waals surface area (Å²) in [7, 11) is 1.60. The van der Waals surface area contributed by atoms with Crippen LogP contribution in [-0.4, -0.2) is 61.9 Å². The van der Waals surface area contributed by atoms with Gasteiger partial charge in [-0.3, -0.25) is 4.99 Å². The molecule has 0 aliphatic carbocycles. The Kier molecular flexibility index (Phi) is 9.56. The third-order valence-electron chi connectivity index (χ3n) is 2.88. The molecule has 22 heavy (non-hydrogen) atoms. The van der Waals surface area contributed by atoms with Crippen molar-refractivity contribution < 1.29 is 14.3 Å². The molecule has 1 unspecified atom stereocenters. The fourth-order valence-corrected chi connectivity index (χ4v) is 1.51. The molecule has 0 aromatic rings. The molecule has 3 N–H and O–H groups in total. The molecule has 1 amide bonds. The molecule has 1 atom stereocenters. The van der Waals surface area contributed by atoms with E-state index in [4.69, 9.17) is 15.2 Å². The van der Waals surface area contributed by atoms with Gasteiger partial charge in [0.2, 0.25) is 0 Å². The van der Waals surface area contributed by atoms with Crippen LogP contribution in [0.2, 0.25) is 0 Å². The molecule has 0 spiro atoms. The van der Waals surface area contributed by atoms with Gasteiger partial charge in [-0.15, -0.1) is 0 Å². The van der Waals surface area contributed by atoms with Crippen LogP contribution in [0.25, 0.3) is 0 Å². The molecule has 0 fully saturated rings. The Morgan fingerprint density at radius 3 is 2.50 bits per heavy atom. The van der Waals surface area contributed by atoms with Crippen molar-refractivity contribution in [2.24, 2.45) is 10.7 Å². The van der Waals surface area contributed by atoms with Crippen LogP contribution < -0.4 is 11.1 Å². The second-order valence-electron chi connectivity index (χ2n) is 6.18. The first kappa shape index (κ1) is 20.5. The lowest BCUT2D eigenvalue weighted by Gasteiger charge is -2.27. The molecule has 0 bridgehead atoms. The minimum Gasteiger partial charge on any atom is -0.444 e.